The van der Waals surface area contributed by atoms with E-state index in [1.807, 2.05) is 31.2 Å². The Hall–Kier alpha value is -2.66. The molecule has 0 aliphatic rings. The lowest BCUT2D eigenvalue weighted by molar-refractivity contribution is 0.0691. The summed E-state index contributed by atoms with van der Waals surface area (Å²) in [5.74, 6) is -1.12. The van der Waals surface area contributed by atoms with Crippen molar-refractivity contribution >= 4 is 17.6 Å². The predicted molar refractivity (Wildman–Crippen MR) is 87.7 cm³/mol. The van der Waals surface area contributed by atoms with Gasteiger partial charge in [0, 0.05) is 10.6 Å². The van der Waals surface area contributed by atoms with Crippen molar-refractivity contribution in [3.05, 3.63) is 70.4 Å². The summed E-state index contributed by atoms with van der Waals surface area (Å²) in [6, 6.07) is 15.0. The molecule has 0 radical (unpaired) electrons. The van der Waals surface area contributed by atoms with E-state index in [4.69, 9.17) is 11.6 Å². The summed E-state index contributed by atoms with van der Waals surface area (Å²) < 4.78 is 1.58. The second kappa shape index (κ2) is 6.22. The lowest BCUT2D eigenvalue weighted by Crippen LogP contribution is -2.06. The predicted octanol–water partition coefficient (Wildman–Crippen LogP) is 3.65. The number of carboxylic acids is 1. The van der Waals surface area contributed by atoms with Gasteiger partial charge in [0.25, 0.3) is 0 Å². The van der Waals surface area contributed by atoms with Gasteiger partial charge >= 0.3 is 5.97 Å². The number of benzene rings is 2. The smallest absolute Gasteiger partial charge is 0.358 e. The van der Waals surface area contributed by atoms with Gasteiger partial charge in [0.2, 0.25) is 0 Å². The lowest BCUT2D eigenvalue weighted by Gasteiger charge is -2.08. The highest BCUT2D eigenvalue weighted by Crippen LogP contribution is 2.25. The van der Waals surface area contributed by atoms with Gasteiger partial charge in [0.1, 0.15) is 5.69 Å². The van der Waals surface area contributed by atoms with Crippen molar-refractivity contribution in [2.75, 3.05) is 0 Å². The van der Waals surface area contributed by atoms with Gasteiger partial charge in [-0.05, 0) is 24.6 Å². The standard InChI is InChI=1S/C17H14ClN3O2/c1-11-5-7-12(8-6-11)10-21-16(15(17(22)23)19-20-21)13-3-2-4-14(18)9-13/h2-9H,10H2,1H3,(H,22,23). The zero-order valence-electron chi connectivity index (χ0n) is 12.4. The van der Waals surface area contributed by atoms with E-state index in [9.17, 15) is 9.90 Å². The van der Waals surface area contributed by atoms with Crippen LogP contribution in [0.3, 0.4) is 0 Å². The van der Waals surface area contributed by atoms with E-state index >= 15 is 0 Å². The van der Waals surface area contributed by atoms with Crippen LogP contribution in [-0.2, 0) is 6.54 Å². The molecule has 116 valence electrons. The summed E-state index contributed by atoms with van der Waals surface area (Å²) in [5.41, 5.74) is 3.21. The molecule has 23 heavy (non-hydrogen) atoms. The first kappa shape index (κ1) is 15.2. The fourth-order valence-electron chi connectivity index (χ4n) is 2.36. The molecule has 0 fully saturated rings. The molecular weight excluding hydrogens is 314 g/mol. The van der Waals surface area contributed by atoms with Crippen LogP contribution in [0.1, 0.15) is 21.6 Å². The molecule has 0 aliphatic carbocycles. The topological polar surface area (TPSA) is 68.0 Å². The molecule has 0 saturated heterocycles. The number of carbonyl (C=O) groups is 1. The summed E-state index contributed by atoms with van der Waals surface area (Å²) in [5, 5.41) is 17.7. The maximum absolute atomic E-state index is 11.4. The Morgan fingerprint density at radius 2 is 1.96 bits per heavy atom. The summed E-state index contributed by atoms with van der Waals surface area (Å²) in [6.45, 7) is 2.45. The highest BCUT2D eigenvalue weighted by atomic mass is 35.5. The number of nitrogens with zero attached hydrogens (tertiary/aromatic N) is 3. The Morgan fingerprint density at radius 3 is 2.61 bits per heavy atom. The SMILES string of the molecule is Cc1ccc(Cn2nnc(C(=O)O)c2-c2cccc(Cl)c2)cc1. The van der Waals surface area contributed by atoms with Crippen molar-refractivity contribution in [3.8, 4) is 11.3 Å². The number of carboxylic acid groups (broad SMARTS) is 1. The molecule has 0 spiro atoms. The Kier molecular flexibility index (Phi) is 4.12. The third-order valence-corrected chi connectivity index (χ3v) is 3.72. The largest absolute Gasteiger partial charge is 0.476 e. The number of aromatic carboxylic acids is 1. The molecule has 0 amide bonds. The Bertz CT molecular complexity index is 857. The second-order valence-electron chi connectivity index (χ2n) is 5.25. The van der Waals surface area contributed by atoms with Gasteiger partial charge in [-0.2, -0.15) is 0 Å². The molecule has 6 heteroatoms. The third kappa shape index (κ3) is 3.24. The molecule has 0 aliphatic heterocycles. The van der Waals surface area contributed by atoms with E-state index in [-0.39, 0.29) is 5.69 Å². The minimum absolute atomic E-state index is 0.0839. The summed E-state index contributed by atoms with van der Waals surface area (Å²) in [4.78, 5) is 11.4. The van der Waals surface area contributed by atoms with Gasteiger partial charge < -0.3 is 5.11 Å². The average molecular weight is 328 g/mol. The number of hydrogen-bond donors (Lipinski definition) is 1. The molecular formula is C17H14ClN3O2. The second-order valence-corrected chi connectivity index (χ2v) is 5.68. The van der Waals surface area contributed by atoms with Crippen LogP contribution in [0.15, 0.2) is 48.5 Å². The zero-order chi connectivity index (χ0) is 16.4. The van der Waals surface area contributed by atoms with Gasteiger partial charge in [-0.15, -0.1) is 5.10 Å². The molecule has 0 atom stereocenters. The Labute approximate surface area is 138 Å². The number of rotatable bonds is 4. The fourth-order valence-corrected chi connectivity index (χ4v) is 2.55. The van der Waals surface area contributed by atoms with E-state index in [0.29, 0.717) is 22.8 Å². The molecule has 3 rings (SSSR count). The van der Waals surface area contributed by atoms with Crippen LogP contribution < -0.4 is 0 Å². The first-order chi connectivity index (χ1) is 11.0. The Balaban J connectivity index is 2.07. The van der Waals surface area contributed by atoms with E-state index in [2.05, 4.69) is 10.3 Å². The average Bonchev–Trinajstić information content (AvgIpc) is 2.93. The van der Waals surface area contributed by atoms with Crippen molar-refractivity contribution in [1.29, 1.82) is 0 Å². The van der Waals surface area contributed by atoms with Crippen LogP contribution in [0.25, 0.3) is 11.3 Å². The van der Waals surface area contributed by atoms with Crippen molar-refractivity contribution in [2.45, 2.75) is 13.5 Å². The minimum Gasteiger partial charge on any atom is -0.476 e. The van der Waals surface area contributed by atoms with E-state index in [1.54, 1.807) is 28.9 Å². The van der Waals surface area contributed by atoms with Crippen molar-refractivity contribution in [1.82, 2.24) is 15.0 Å². The number of halogens is 1. The van der Waals surface area contributed by atoms with Crippen LogP contribution in [0.4, 0.5) is 0 Å². The number of hydrogen-bond acceptors (Lipinski definition) is 3. The Morgan fingerprint density at radius 1 is 1.22 bits per heavy atom. The lowest BCUT2D eigenvalue weighted by atomic mass is 10.1. The maximum atomic E-state index is 11.4. The molecule has 2 aromatic carbocycles. The van der Waals surface area contributed by atoms with Gasteiger partial charge in [0.05, 0.1) is 6.54 Å². The highest BCUT2D eigenvalue weighted by molar-refractivity contribution is 6.30. The normalized spacial score (nSPS) is 10.7. The molecule has 3 aromatic rings. The molecule has 1 aromatic heterocycles. The first-order valence-corrected chi connectivity index (χ1v) is 7.40. The van der Waals surface area contributed by atoms with Gasteiger partial charge in [-0.3, -0.25) is 0 Å². The molecule has 0 bridgehead atoms. The first-order valence-electron chi connectivity index (χ1n) is 7.03. The molecule has 1 heterocycles. The van der Waals surface area contributed by atoms with E-state index in [1.165, 1.54) is 0 Å². The van der Waals surface area contributed by atoms with E-state index < -0.39 is 5.97 Å². The van der Waals surface area contributed by atoms with Crippen LogP contribution in [0, 0.1) is 6.92 Å². The molecule has 5 nitrogen and oxygen atoms in total. The summed E-state index contributed by atoms with van der Waals surface area (Å²) in [6.07, 6.45) is 0. The van der Waals surface area contributed by atoms with E-state index in [0.717, 1.165) is 11.1 Å². The molecule has 1 N–H and O–H groups in total. The van der Waals surface area contributed by atoms with Crippen LogP contribution in [0.5, 0.6) is 0 Å². The summed E-state index contributed by atoms with van der Waals surface area (Å²) >= 11 is 6.03. The zero-order valence-corrected chi connectivity index (χ0v) is 13.2. The van der Waals surface area contributed by atoms with Crippen LogP contribution >= 0.6 is 11.6 Å². The minimum atomic E-state index is -1.12. The van der Waals surface area contributed by atoms with Gasteiger partial charge in [0.15, 0.2) is 5.69 Å². The van der Waals surface area contributed by atoms with Gasteiger partial charge in [-0.1, -0.05) is 58.8 Å². The summed E-state index contributed by atoms with van der Waals surface area (Å²) in [7, 11) is 0. The van der Waals surface area contributed by atoms with Gasteiger partial charge in [-0.25, -0.2) is 9.48 Å². The van der Waals surface area contributed by atoms with Crippen LogP contribution in [0.2, 0.25) is 5.02 Å². The van der Waals surface area contributed by atoms with Crippen molar-refractivity contribution < 1.29 is 9.90 Å². The quantitative estimate of drug-likeness (QED) is 0.794. The van der Waals surface area contributed by atoms with Crippen molar-refractivity contribution in [3.63, 3.8) is 0 Å². The third-order valence-electron chi connectivity index (χ3n) is 3.49. The number of aromatic nitrogens is 3. The molecule has 0 unspecified atom stereocenters. The van der Waals surface area contributed by atoms with Crippen molar-refractivity contribution in [2.24, 2.45) is 0 Å². The monoisotopic (exact) mass is 327 g/mol. The number of aryl methyl sites for hydroxylation is 1. The fraction of sp³-hybridized carbons (Fsp3) is 0.118. The molecule has 0 saturated carbocycles. The van der Waals surface area contributed by atoms with Crippen LogP contribution in [-0.4, -0.2) is 26.1 Å². The highest BCUT2D eigenvalue weighted by Gasteiger charge is 2.20. The maximum Gasteiger partial charge on any atom is 0.358 e.